The Balaban J connectivity index is 1.39. The van der Waals surface area contributed by atoms with Gasteiger partial charge in [0.25, 0.3) is 0 Å². The van der Waals surface area contributed by atoms with Gasteiger partial charge in [-0.3, -0.25) is 9.59 Å². The molecule has 2 aliphatic carbocycles. The maximum absolute atomic E-state index is 11.4. The van der Waals surface area contributed by atoms with E-state index in [0.717, 1.165) is 13.8 Å². The average Bonchev–Trinajstić information content (AvgIpc) is 3.06. The average molecular weight is 728 g/mol. The monoisotopic (exact) mass is 727 g/mol. The third kappa shape index (κ3) is 8.75. The van der Waals surface area contributed by atoms with Gasteiger partial charge in [0, 0.05) is 32.6 Å². The summed E-state index contributed by atoms with van der Waals surface area (Å²) in [5.41, 5.74) is 0. The minimum absolute atomic E-state index is 0.0165. The van der Waals surface area contributed by atoms with Crippen LogP contribution in [0.25, 0.3) is 0 Å². The van der Waals surface area contributed by atoms with E-state index >= 15 is 0 Å². The molecule has 19 nitrogen and oxygen atoms in total. The van der Waals surface area contributed by atoms with E-state index in [1.54, 1.807) is 0 Å². The third-order valence-electron chi connectivity index (χ3n) is 10.5. The summed E-state index contributed by atoms with van der Waals surface area (Å²) >= 11 is 0. The van der Waals surface area contributed by atoms with Crippen molar-refractivity contribution in [2.24, 2.45) is 11.8 Å². The predicted molar refractivity (Wildman–Crippen MR) is 160 cm³/mol. The predicted octanol–water partition coefficient (Wildman–Crippen LogP) is -5.57. The first kappa shape index (κ1) is 39.5. The van der Waals surface area contributed by atoms with Crippen molar-refractivity contribution in [3.05, 3.63) is 0 Å². The molecule has 18 atom stereocenters. The molecule has 50 heavy (non-hydrogen) atoms. The molecule has 2 saturated carbocycles. The zero-order valence-corrected chi connectivity index (χ0v) is 27.7. The van der Waals surface area contributed by atoms with Crippen LogP contribution in [0.3, 0.4) is 0 Å². The molecule has 3 aliphatic heterocycles. The van der Waals surface area contributed by atoms with E-state index in [9.17, 15) is 60.7 Å². The fourth-order valence-corrected chi connectivity index (χ4v) is 7.77. The Morgan fingerprint density at radius 3 is 1.56 bits per heavy atom. The van der Waals surface area contributed by atoms with Crippen LogP contribution in [0.1, 0.15) is 46.0 Å². The zero-order valence-electron chi connectivity index (χ0n) is 27.7. The minimum Gasteiger partial charge on any atom is -0.463 e. The molecule has 11 N–H and O–H groups in total. The summed E-state index contributed by atoms with van der Waals surface area (Å²) in [6.45, 7) is 1.39. The molecule has 18 unspecified atom stereocenters. The normalized spacial score (nSPS) is 49.8. The Morgan fingerprint density at radius 1 is 0.600 bits per heavy atom. The summed E-state index contributed by atoms with van der Waals surface area (Å²) in [6, 6.07) is 0. The Hall–Kier alpha value is -1.66. The molecule has 0 aromatic carbocycles. The van der Waals surface area contributed by atoms with Crippen molar-refractivity contribution in [1.29, 1.82) is 0 Å². The smallest absolute Gasteiger partial charge is 0.302 e. The Kier molecular flexibility index (Phi) is 13.1. The summed E-state index contributed by atoms with van der Waals surface area (Å²) in [5, 5.41) is 106. The first-order chi connectivity index (χ1) is 23.5. The molecule has 3 saturated heterocycles. The molecule has 0 bridgehead atoms. The van der Waals surface area contributed by atoms with Gasteiger partial charge >= 0.3 is 11.9 Å². The van der Waals surface area contributed by atoms with Crippen molar-refractivity contribution in [2.45, 2.75) is 156 Å². The summed E-state index contributed by atoms with van der Waals surface area (Å²) < 4.78 is 38.8. The van der Waals surface area contributed by atoms with Gasteiger partial charge in [-0.1, -0.05) is 0 Å². The fraction of sp³-hybridized carbons (Fsp3) is 0.935. The first-order valence-electron chi connectivity index (χ1n) is 16.9. The number of rotatable bonds is 9. The number of hydrogen-bond donors (Lipinski definition) is 10. The van der Waals surface area contributed by atoms with Crippen LogP contribution in [0, 0.1) is 11.8 Å². The van der Waals surface area contributed by atoms with Gasteiger partial charge in [-0.25, -0.2) is 0 Å². The zero-order chi connectivity index (χ0) is 36.6. The van der Waals surface area contributed by atoms with Gasteiger partial charge in [0.2, 0.25) is 0 Å². The second kappa shape index (κ2) is 16.6. The van der Waals surface area contributed by atoms with Crippen molar-refractivity contribution in [1.82, 2.24) is 0 Å². The highest BCUT2D eigenvalue weighted by molar-refractivity contribution is 5.66. The van der Waals surface area contributed by atoms with Crippen LogP contribution in [0.15, 0.2) is 0 Å². The second-order valence-electron chi connectivity index (χ2n) is 14.1. The van der Waals surface area contributed by atoms with Crippen molar-refractivity contribution < 1.29 is 93.8 Å². The Morgan fingerprint density at radius 2 is 1.08 bits per heavy atom. The number of aliphatic hydroxyl groups excluding tert-OH is 10. The lowest BCUT2D eigenvalue weighted by Crippen LogP contribution is -2.64. The lowest BCUT2D eigenvalue weighted by Gasteiger charge is -2.50. The molecule has 5 fully saturated rings. The summed E-state index contributed by atoms with van der Waals surface area (Å²) in [7, 11) is 0. The highest BCUT2D eigenvalue weighted by Gasteiger charge is 2.57. The molecule has 0 spiro atoms. The van der Waals surface area contributed by atoms with Crippen LogP contribution in [0.4, 0.5) is 0 Å². The van der Waals surface area contributed by atoms with Gasteiger partial charge in [0.1, 0.15) is 74.3 Å². The van der Waals surface area contributed by atoms with E-state index in [-0.39, 0.29) is 32.1 Å². The highest BCUT2D eigenvalue weighted by Crippen LogP contribution is 2.44. The Labute approximate surface area is 287 Å². The van der Waals surface area contributed by atoms with Crippen LogP contribution < -0.4 is 0 Å². The van der Waals surface area contributed by atoms with Gasteiger partial charge in [-0.05, 0) is 19.3 Å². The third-order valence-corrected chi connectivity index (χ3v) is 10.5. The molecule has 0 radical (unpaired) electrons. The molecule has 0 amide bonds. The molecule has 288 valence electrons. The molecule has 0 aromatic rings. The van der Waals surface area contributed by atoms with E-state index < -0.39 is 147 Å². The molecule has 0 aromatic heterocycles. The fourth-order valence-electron chi connectivity index (χ4n) is 7.77. The van der Waals surface area contributed by atoms with Crippen molar-refractivity contribution in [3.8, 4) is 0 Å². The topological polar surface area (TPSA) is 305 Å². The first-order valence-corrected chi connectivity index (χ1v) is 16.9. The van der Waals surface area contributed by atoms with Gasteiger partial charge < -0.3 is 84.2 Å². The van der Waals surface area contributed by atoms with E-state index in [1.165, 1.54) is 0 Å². The lowest BCUT2D eigenvalue weighted by molar-refractivity contribution is -0.368. The van der Waals surface area contributed by atoms with Crippen molar-refractivity contribution in [2.75, 3.05) is 13.2 Å². The maximum Gasteiger partial charge on any atom is 0.302 e. The Bertz CT molecular complexity index is 1130. The molecular weight excluding hydrogens is 676 g/mol. The molecule has 19 heteroatoms. The van der Waals surface area contributed by atoms with Crippen molar-refractivity contribution in [3.63, 3.8) is 0 Å². The molecule has 5 aliphatic rings. The standard InChI is InChI=1S/C31H50O19/c1-10(32)44-8-20-23(38)25(40)27(42)30(49-20)47-18-6-13(34)5-17-14(18)7-19(29(46-17)12-3-15(35)22(37)16(36)4-12)48-31-28(43)26(41)24(39)21(50-31)9-45-11(2)33/h12-31,34-43H,3-9H2,1-2H3/p+1. The number of ether oxygens (including phenoxy) is 7. The number of carbonyl (C=O) groups excluding carboxylic acids is 2. The van der Waals surface area contributed by atoms with E-state index in [2.05, 4.69) is 0 Å². The number of carbonyl (C=O) groups is 2. The maximum atomic E-state index is 11.4. The van der Waals surface area contributed by atoms with E-state index in [4.69, 9.17) is 33.2 Å². The quantitative estimate of drug-likeness (QED) is 0.0782. The van der Waals surface area contributed by atoms with Gasteiger partial charge in [-0.15, -0.1) is 0 Å². The molecular formula is C31H51O19+. The highest BCUT2D eigenvalue weighted by atomic mass is 16.7. The summed E-state index contributed by atoms with van der Waals surface area (Å²) in [5.74, 6) is -2.47. The lowest BCUT2D eigenvalue weighted by atomic mass is 9.72. The van der Waals surface area contributed by atoms with E-state index in [0.29, 0.717) is 0 Å². The number of aliphatic hydroxyl groups is 12. The summed E-state index contributed by atoms with van der Waals surface area (Å²) in [6.07, 6.45) is -23.8. The minimum atomic E-state index is -1.77. The number of hydrogen-bond acceptors (Lipinski definition) is 18. The van der Waals surface area contributed by atoms with Crippen LogP contribution >= 0.6 is 0 Å². The SMILES string of the molecule is CC(=O)OCC1OC(OC2CC(O)CC3[OH+]C(C4CC(O)C(O)C(O)C4)C(OC4OC(COC(C)=O)C(O)C(O)C4O)CC23)C(O)C(O)C1O. The van der Waals surface area contributed by atoms with Crippen LogP contribution in [-0.4, -0.2) is 191 Å². The van der Waals surface area contributed by atoms with Crippen LogP contribution in [0.2, 0.25) is 0 Å². The largest absolute Gasteiger partial charge is 0.463 e. The van der Waals surface area contributed by atoms with E-state index in [1.807, 2.05) is 0 Å². The van der Waals surface area contributed by atoms with Crippen LogP contribution in [-0.2, 0) is 38.0 Å². The van der Waals surface area contributed by atoms with Gasteiger partial charge in [0.05, 0.1) is 30.3 Å². The van der Waals surface area contributed by atoms with Crippen molar-refractivity contribution >= 4 is 11.9 Å². The number of fused-ring (bicyclic) bond motifs is 1. The molecule has 5 rings (SSSR count). The number of esters is 2. The second-order valence-corrected chi connectivity index (χ2v) is 14.1. The van der Waals surface area contributed by atoms with Gasteiger partial charge in [-0.2, -0.15) is 0 Å². The van der Waals surface area contributed by atoms with Gasteiger partial charge in [0.15, 0.2) is 24.8 Å². The van der Waals surface area contributed by atoms with Crippen LogP contribution in [0.5, 0.6) is 0 Å². The molecule has 3 heterocycles. The summed E-state index contributed by atoms with van der Waals surface area (Å²) in [4.78, 5) is 22.8.